The van der Waals surface area contributed by atoms with Crippen LogP contribution >= 0.6 is 11.3 Å². The van der Waals surface area contributed by atoms with Gasteiger partial charge in [0.2, 0.25) is 0 Å². The van der Waals surface area contributed by atoms with Crippen LogP contribution < -0.4 is 16.6 Å². The van der Waals surface area contributed by atoms with Crippen LogP contribution in [0.3, 0.4) is 0 Å². The number of alkyl halides is 3. The molecule has 3 heterocycles. The fourth-order valence-corrected chi connectivity index (χ4v) is 5.32. The molecule has 2 unspecified atom stereocenters. The summed E-state index contributed by atoms with van der Waals surface area (Å²) in [5.41, 5.74) is -0.246. The summed E-state index contributed by atoms with van der Waals surface area (Å²) in [4.78, 5) is 40.9. The number of urea groups is 1. The van der Waals surface area contributed by atoms with Gasteiger partial charge in [-0.2, -0.15) is 13.2 Å². The molecule has 2 atom stereocenters. The lowest BCUT2D eigenvalue weighted by atomic mass is 10.2. The van der Waals surface area contributed by atoms with E-state index in [0.29, 0.717) is 41.8 Å². The van der Waals surface area contributed by atoms with Crippen molar-refractivity contribution in [1.29, 1.82) is 0 Å². The zero-order valence-electron chi connectivity index (χ0n) is 16.7. The Balaban J connectivity index is 1.80. The van der Waals surface area contributed by atoms with Gasteiger partial charge in [0.15, 0.2) is 0 Å². The number of amides is 2. The van der Waals surface area contributed by atoms with Gasteiger partial charge in [0.1, 0.15) is 4.83 Å². The van der Waals surface area contributed by atoms with Crippen LogP contribution in [0.25, 0.3) is 10.2 Å². The molecule has 1 aliphatic heterocycles. The minimum Gasteiger partial charge on any atom is -0.336 e. The maximum absolute atomic E-state index is 13.2. The number of aromatic nitrogens is 2. The van der Waals surface area contributed by atoms with Crippen LogP contribution in [0.1, 0.15) is 42.7 Å². The Hall–Kier alpha value is -2.30. The summed E-state index contributed by atoms with van der Waals surface area (Å²) < 4.78 is 40.5. The smallest absolute Gasteiger partial charge is 0.336 e. The van der Waals surface area contributed by atoms with Gasteiger partial charge < -0.3 is 10.2 Å². The standard InChI is InChI=1S/C19H23F3N4O3S/c1-10-8-12(10)26-15(27)14-11(2)13(9-24-7-5-23-17(24)28)30-16(14)25(18(26)29)6-3-4-19(20,21)22/h10,12H,3-9H2,1-2H3,(H,23,28). The van der Waals surface area contributed by atoms with E-state index in [1.165, 1.54) is 20.5 Å². The molecule has 1 saturated carbocycles. The molecule has 1 saturated heterocycles. The second-order valence-electron chi connectivity index (χ2n) is 8.09. The molecule has 2 aromatic rings. The number of hydrogen-bond acceptors (Lipinski definition) is 4. The predicted octanol–water partition coefficient (Wildman–Crippen LogP) is 2.98. The minimum atomic E-state index is -4.30. The average molecular weight is 444 g/mol. The highest BCUT2D eigenvalue weighted by atomic mass is 32.1. The van der Waals surface area contributed by atoms with Crippen molar-refractivity contribution in [2.24, 2.45) is 5.92 Å². The molecule has 0 bridgehead atoms. The SMILES string of the molecule is Cc1c(CN2CCNC2=O)sc2c1c(=O)n(C1CC1C)c(=O)n2CCCC(F)(F)F. The monoisotopic (exact) mass is 444 g/mol. The summed E-state index contributed by atoms with van der Waals surface area (Å²) in [6, 6.07) is -0.408. The van der Waals surface area contributed by atoms with Crippen molar-refractivity contribution in [2.75, 3.05) is 13.1 Å². The first-order valence-corrected chi connectivity index (χ1v) is 10.8. The van der Waals surface area contributed by atoms with Gasteiger partial charge in [-0.1, -0.05) is 6.92 Å². The third-order valence-corrected chi connectivity index (χ3v) is 7.16. The first-order valence-electron chi connectivity index (χ1n) is 9.95. The van der Waals surface area contributed by atoms with Crippen LogP contribution in [-0.4, -0.2) is 39.3 Å². The van der Waals surface area contributed by atoms with Gasteiger partial charge in [0.25, 0.3) is 5.56 Å². The summed E-state index contributed by atoms with van der Waals surface area (Å²) >= 11 is 1.21. The van der Waals surface area contributed by atoms with Gasteiger partial charge >= 0.3 is 17.9 Å². The molecule has 2 amide bonds. The molecule has 30 heavy (non-hydrogen) atoms. The zero-order valence-corrected chi connectivity index (χ0v) is 17.5. The molecule has 1 aliphatic carbocycles. The Morgan fingerprint density at radius 1 is 1.23 bits per heavy atom. The van der Waals surface area contributed by atoms with Gasteiger partial charge in [-0.05, 0) is 31.2 Å². The Labute approximate surface area is 174 Å². The summed E-state index contributed by atoms with van der Waals surface area (Å²) in [6.45, 7) is 4.97. The quantitative estimate of drug-likeness (QED) is 0.744. The highest BCUT2D eigenvalue weighted by Crippen LogP contribution is 2.41. The number of rotatable bonds is 6. The van der Waals surface area contributed by atoms with Gasteiger partial charge in [0, 0.05) is 37.0 Å². The van der Waals surface area contributed by atoms with E-state index in [-0.39, 0.29) is 36.5 Å². The number of nitrogens with one attached hydrogen (secondary N) is 1. The number of carbonyl (C=O) groups is 1. The predicted molar refractivity (Wildman–Crippen MR) is 107 cm³/mol. The Morgan fingerprint density at radius 3 is 2.50 bits per heavy atom. The van der Waals surface area contributed by atoms with Crippen LogP contribution in [0.4, 0.5) is 18.0 Å². The van der Waals surface area contributed by atoms with Crippen molar-refractivity contribution in [3.05, 3.63) is 31.3 Å². The molecule has 0 aromatic carbocycles. The molecule has 7 nitrogen and oxygen atoms in total. The number of fused-ring (bicyclic) bond motifs is 1. The summed E-state index contributed by atoms with van der Waals surface area (Å²) in [5.74, 6) is 0.184. The molecular weight excluding hydrogens is 421 g/mol. The van der Waals surface area contributed by atoms with E-state index in [0.717, 1.165) is 4.88 Å². The van der Waals surface area contributed by atoms with E-state index < -0.39 is 18.3 Å². The first-order chi connectivity index (χ1) is 14.1. The number of halogens is 3. The fourth-order valence-electron chi connectivity index (χ4n) is 3.99. The van der Waals surface area contributed by atoms with Gasteiger partial charge in [-0.3, -0.25) is 13.9 Å². The van der Waals surface area contributed by atoms with E-state index >= 15 is 0 Å². The highest BCUT2D eigenvalue weighted by Gasteiger charge is 2.38. The van der Waals surface area contributed by atoms with Crippen LogP contribution in [0.15, 0.2) is 9.59 Å². The molecule has 2 aliphatic rings. The molecule has 164 valence electrons. The van der Waals surface area contributed by atoms with E-state index in [9.17, 15) is 27.6 Å². The fraction of sp³-hybridized carbons (Fsp3) is 0.632. The molecule has 0 radical (unpaired) electrons. The zero-order chi connectivity index (χ0) is 21.8. The molecule has 1 N–H and O–H groups in total. The maximum Gasteiger partial charge on any atom is 0.389 e. The Bertz CT molecular complexity index is 1120. The second kappa shape index (κ2) is 7.44. The molecule has 11 heteroatoms. The summed E-state index contributed by atoms with van der Waals surface area (Å²) in [6.07, 6.45) is -4.84. The van der Waals surface area contributed by atoms with Crippen molar-refractivity contribution >= 4 is 27.6 Å². The van der Waals surface area contributed by atoms with Gasteiger partial charge in [-0.25, -0.2) is 9.59 Å². The average Bonchev–Trinajstić information content (AvgIpc) is 3.06. The van der Waals surface area contributed by atoms with Crippen molar-refractivity contribution in [3.8, 4) is 0 Å². The summed E-state index contributed by atoms with van der Waals surface area (Å²) in [7, 11) is 0. The van der Waals surface area contributed by atoms with E-state index in [2.05, 4.69) is 5.32 Å². The van der Waals surface area contributed by atoms with Crippen molar-refractivity contribution in [3.63, 3.8) is 0 Å². The lowest BCUT2D eigenvalue weighted by Crippen LogP contribution is -2.39. The number of hydrogen-bond donors (Lipinski definition) is 1. The van der Waals surface area contributed by atoms with Crippen LogP contribution in [0.5, 0.6) is 0 Å². The third-order valence-electron chi connectivity index (χ3n) is 5.86. The van der Waals surface area contributed by atoms with E-state index in [1.807, 2.05) is 6.92 Å². The van der Waals surface area contributed by atoms with Crippen LogP contribution in [-0.2, 0) is 13.1 Å². The lowest BCUT2D eigenvalue weighted by Gasteiger charge is -2.13. The highest BCUT2D eigenvalue weighted by molar-refractivity contribution is 7.18. The maximum atomic E-state index is 13.2. The molecule has 0 spiro atoms. The van der Waals surface area contributed by atoms with Crippen molar-refractivity contribution < 1.29 is 18.0 Å². The third kappa shape index (κ3) is 3.75. The number of aryl methyl sites for hydroxylation is 2. The van der Waals surface area contributed by atoms with Gasteiger partial charge in [-0.15, -0.1) is 11.3 Å². The normalized spacial score (nSPS) is 21.5. The number of nitrogens with zero attached hydrogens (tertiary/aromatic N) is 3. The Kier molecular flexibility index (Phi) is 5.19. The summed E-state index contributed by atoms with van der Waals surface area (Å²) in [5, 5.41) is 3.09. The largest absolute Gasteiger partial charge is 0.389 e. The van der Waals surface area contributed by atoms with Crippen molar-refractivity contribution in [2.45, 2.75) is 58.4 Å². The van der Waals surface area contributed by atoms with Gasteiger partial charge in [0.05, 0.1) is 11.9 Å². The second-order valence-corrected chi connectivity index (χ2v) is 9.18. The van der Waals surface area contributed by atoms with Crippen LogP contribution in [0, 0.1) is 12.8 Å². The van der Waals surface area contributed by atoms with Crippen LogP contribution in [0.2, 0.25) is 0 Å². The first kappa shape index (κ1) is 21.0. The number of carbonyl (C=O) groups excluding carboxylic acids is 1. The minimum absolute atomic E-state index is 0.111. The topological polar surface area (TPSA) is 76.3 Å². The molecule has 2 aromatic heterocycles. The number of thiophene rings is 1. The van der Waals surface area contributed by atoms with E-state index in [1.54, 1.807) is 11.8 Å². The lowest BCUT2D eigenvalue weighted by molar-refractivity contribution is -0.135. The van der Waals surface area contributed by atoms with Crippen molar-refractivity contribution in [1.82, 2.24) is 19.4 Å². The Morgan fingerprint density at radius 2 is 1.93 bits per heavy atom. The molecule has 2 fully saturated rings. The van der Waals surface area contributed by atoms with E-state index in [4.69, 9.17) is 0 Å². The molecule has 4 rings (SSSR count). The molecular formula is C19H23F3N4O3S.